The number of nitrogens with one attached hydrogen (secondary N) is 2. The molecule has 0 aromatic heterocycles. The molecule has 1 aliphatic heterocycles. The summed E-state index contributed by atoms with van der Waals surface area (Å²) in [4.78, 5) is 23.3. The Bertz CT molecular complexity index is 300. The fraction of sp³-hybridized carbons (Fsp3) is 0.833. The smallest absolute Gasteiger partial charge is 0.328 e. The van der Waals surface area contributed by atoms with E-state index in [9.17, 15) is 9.59 Å². The molecule has 0 saturated carbocycles. The molecule has 1 heterocycles. The van der Waals surface area contributed by atoms with E-state index in [2.05, 4.69) is 10.6 Å². The fourth-order valence-electron chi connectivity index (χ4n) is 2.30. The van der Waals surface area contributed by atoms with Crippen LogP contribution >= 0.6 is 0 Å². The van der Waals surface area contributed by atoms with Crippen molar-refractivity contribution in [2.24, 2.45) is 5.41 Å². The number of amides is 1. The van der Waals surface area contributed by atoms with E-state index >= 15 is 0 Å². The first-order valence-electron chi connectivity index (χ1n) is 6.29. The van der Waals surface area contributed by atoms with Crippen LogP contribution in [0, 0.1) is 5.41 Å². The number of piperidine rings is 1. The minimum Gasteiger partial charge on any atom is -0.480 e. The van der Waals surface area contributed by atoms with Crippen LogP contribution in [0.25, 0.3) is 0 Å². The van der Waals surface area contributed by atoms with Crippen molar-refractivity contribution in [3.8, 4) is 0 Å². The number of hydrogen-bond acceptors (Lipinski definition) is 4. The summed E-state index contributed by atoms with van der Waals surface area (Å²) in [6.45, 7) is 3.54. The number of ether oxygens (including phenoxy) is 1. The Morgan fingerprint density at radius 3 is 2.50 bits per heavy atom. The third-order valence-corrected chi connectivity index (χ3v) is 3.66. The highest BCUT2D eigenvalue weighted by Gasteiger charge is 2.39. The molecule has 0 aromatic carbocycles. The summed E-state index contributed by atoms with van der Waals surface area (Å²) >= 11 is 0. The third-order valence-electron chi connectivity index (χ3n) is 3.66. The summed E-state index contributed by atoms with van der Waals surface area (Å²) in [6, 6.07) is -0.971. The number of methoxy groups -OCH3 is 1. The van der Waals surface area contributed by atoms with Crippen molar-refractivity contribution in [1.29, 1.82) is 0 Å². The van der Waals surface area contributed by atoms with Gasteiger partial charge in [-0.3, -0.25) is 4.79 Å². The van der Waals surface area contributed by atoms with Gasteiger partial charge in [0.25, 0.3) is 0 Å². The van der Waals surface area contributed by atoms with Gasteiger partial charge < -0.3 is 20.5 Å². The molecule has 0 aliphatic carbocycles. The molecular formula is C12H22N2O4. The molecule has 1 atom stereocenters. The largest absolute Gasteiger partial charge is 0.480 e. The fourth-order valence-corrected chi connectivity index (χ4v) is 2.30. The second-order valence-corrected chi connectivity index (χ2v) is 4.70. The maximum Gasteiger partial charge on any atom is 0.328 e. The van der Waals surface area contributed by atoms with Crippen LogP contribution in [0.4, 0.5) is 0 Å². The van der Waals surface area contributed by atoms with Crippen LogP contribution in [-0.2, 0) is 14.3 Å². The van der Waals surface area contributed by atoms with E-state index in [1.807, 2.05) is 6.92 Å². The van der Waals surface area contributed by atoms with Gasteiger partial charge in [-0.15, -0.1) is 0 Å². The van der Waals surface area contributed by atoms with E-state index in [0.29, 0.717) is 0 Å². The average molecular weight is 258 g/mol. The molecule has 1 amide bonds. The van der Waals surface area contributed by atoms with Crippen molar-refractivity contribution in [2.45, 2.75) is 32.2 Å². The molecule has 6 heteroatoms. The second kappa shape index (κ2) is 6.70. The third kappa shape index (κ3) is 3.43. The first kappa shape index (κ1) is 14.9. The van der Waals surface area contributed by atoms with Gasteiger partial charge in [0.1, 0.15) is 0 Å². The van der Waals surface area contributed by atoms with E-state index < -0.39 is 17.4 Å². The SMILES string of the molecule is CCC1(C(=O)NC(COC)C(=O)O)CCNCC1. The summed E-state index contributed by atoms with van der Waals surface area (Å²) < 4.78 is 4.81. The van der Waals surface area contributed by atoms with Gasteiger partial charge in [-0.25, -0.2) is 4.79 Å². The van der Waals surface area contributed by atoms with E-state index in [1.54, 1.807) is 0 Å². The molecule has 1 fully saturated rings. The van der Waals surface area contributed by atoms with Gasteiger partial charge >= 0.3 is 5.97 Å². The Labute approximate surface area is 107 Å². The van der Waals surface area contributed by atoms with Crippen LogP contribution in [0.1, 0.15) is 26.2 Å². The summed E-state index contributed by atoms with van der Waals surface area (Å²) in [7, 11) is 1.42. The maximum atomic E-state index is 12.3. The Kier molecular flexibility index (Phi) is 5.55. The van der Waals surface area contributed by atoms with Crippen molar-refractivity contribution in [2.75, 3.05) is 26.8 Å². The van der Waals surface area contributed by atoms with Gasteiger partial charge in [-0.2, -0.15) is 0 Å². The number of carboxylic acids is 1. The zero-order valence-electron chi connectivity index (χ0n) is 11.0. The van der Waals surface area contributed by atoms with Crippen molar-refractivity contribution in [3.05, 3.63) is 0 Å². The highest BCUT2D eigenvalue weighted by atomic mass is 16.5. The minimum absolute atomic E-state index is 0.0148. The maximum absolute atomic E-state index is 12.3. The molecule has 6 nitrogen and oxygen atoms in total. The zero-order valence-corrected chi connectivity index (χ0v) is 11.0. The lowest BCUT2D eigenvalue weighted by Crippen LogP contribution is -2.53. The lowest BCUT2D eigenvalue weighted by atomic mass is 9.75. The van der Waals surface area contributed by atoms with Crippen molar-refractivity contribution >= 4 is 11.9 Å². The molecule has 0 spiro atoms. The summed E-state index contributed by atoms with van der Waals surface area (Å²) in [5.74, 6) is -1.23. The molecule has 18 heavy (non-hydrogen) atoms. The zero-order chi connectivity index (χ0) is 13.6. The van der Waals surface area contributed by atoms with Gasteiger partial charge in [0, 0.05) is 7.11 Å². The van der Waals surface area contributed by atoms with Crippen LogP contribution in [0.5, 0.6) is 0 Å². The van der Waals surface area contributed by atoms with Crippen molar-refractivity contribution in [3.63, 3.8) is 0 Å². The molecular weight excluding hydrogens is 236 g/mol. The molecule has 104 valence electrons. The van der Waals surface area contributed by atoms with Gasteiger partial charge in [0.15, 0.2) is 6.04 Å². The highest BCUT2D eigenvalue weighted by Crippen LogP contribution is 2.32. The molecule has 1 rings (SSSR count). The number of carboxylic acid groups (broad SMARTS) is 1. The van der Waals surface area contributed by atoms with Gasteiger partial charge in [-0.1, -0.05) is 6.92 Å². The normalized spacial score (nSPS) is 20.1. The number of carbonyl (C=O) groups excluding carboxylic acids is 1. The molecule has 3 N–H and O–H groups in total. The number of carbonyl (C=O) groups is 2. The Hall–Kier alpha value is -1.14. The molecule has 0 bridgehead atoms. The number of rotatable bonds is 6. The van der Waals surface area contributed by atoms with Gasteiger partial charge in [0.05, 0.1) is 12.0 Å². The monoisotopic (exact) mass is 258 g/mol. The topological polar surface area (TPSA) is 87.7 Å². The van der Waals surface area contributed by atoms with Crippen LogP contribution in [0.2, 0.25) is 0 Å². The lowest BCUT2D eigenvalue weighted by Gasteiger charge is -2.36. The average Bonchev–Trinajstić information content (AvgIpc) is 2.38. The highest BCUT2D eigenvalue weighted by molar-refractivity contribution is 5.87. The Balaban J connectivity index is 2.68. The van der Waals surface area contributed by atoms with Gasteiger partial charge in [-0.05, 0) is 32.4 Å². The molecule has 1 saturated heterocycles. The predicted molar refractivity (Wildman–Crippen MR) is 66.3 cm³/mol. The number of hydrogen-bond donors (Lipinski definition) is 3. The van der Waals surface area contributed by atoms with Crippen LogP contribution < -0.4 is 10.6 Å². The van der Waals surface area contributed by atoms with Crippen molar-refractivity contribution < 1.29 is 19.4 Å². The summed E-state index contributed by atoms with van der Waals surface area (Å²) in [6.07, 6.45) is 2.21. The van der Waals surface area contributed by atoms with E-state index in [1.165, 1.54) is 7.11 Å². The first-order valence-corrected chi connectivity index (χ1v) is 6.29. The van der Waals surface area contributed by atoms with Crippen LogP contribution in [0.3, 0.4) is 0 Å². The summed E-state index contributed by atoms with van der Waals surface area (Å²) in [5.41, 5.74) is -0.438. The summed E-state index contributed by atoms with van der Waals surface area (Å²) in [5, 5.41) is 14.8. The second-order valence-electron chi connectivity index (χ2n) is 4.70. The number of aliphatic carboxylic acids is 1. The van der Waals surface area contributed by atoms with E-state index in [0.717, 1.165) is 32.4 Å². The standard InChI is InChI=1S/C12H22N2O4/c1-3-12(4-6-13-7-5-12)11(17)14-9(8-18-2)10(15)16/h9,13H,3-8H2,1-2H3,(H,14,17)(H,15,16). The van der Waals surface area contributed by atoms with Crippen LogP contribution in [0.15, 0.2) is 0 Å². The van der Waals surface area contributed by atoms with E-state index in [-0.39, 0.29) is 12.5 Å². The van der Waals surface area contributed by atoms with Crippen molar-refractivity contribution in [1.82, 2.24) is 10.6 Å². The van der Waals surface area contributed by atoms with E-state index in [4.69, 9.17) is 9.84 Å². The lowest BCUT2D eigenvalue weighted by molar-refractivity contribution is -0.146. The molecule has 1 unspecified atom stereocenters. The Morgan fingerprint density at radius 2 is 2.06 bits per heavy atom. The molecule has 1 aliphatic rings. The Morgan fingerprint density at radius 1 is 1.44 bits per heavy atom. The van der Waals surface area contributed by atoms with Gasteiger partial charge in [0.2, 0.25) is 5.91 Å². The van der Waals surface area contributed by atoms with Crippen LogP contribution in [-0.4, -0.2) is 49.8 Å². The quantitative estimate of drug-likeness (QED) is 0.623. The molecule has 0 radical (unpaired) electrons. The minimum atomic E-state index is -1.06. The predicted octanol–water partition coefficient (Wildman–Crippen LogP) is -0.0180. The molecule has 0 aromatic rings. The first-order chi connectivity index (χ1) is 8.55.